The smallest absolute Gasteiger partial charge is 0.408 e. The van der Waals surface area contributed by atoms with Crippen LogP contribution in [0, 0.1) is 0 Å². The second kappa shape index (κ2) is 10.2. The lowest BCUT2D eigenvalue weighted by atomic mass is 10.0. The summed E-state index contributed by atoms with van der Waals surface area (Å²) in [5, 5.41) is 28.9. The van der Waals surface area contributed by atoms with Crippen LogP contribution in [-0.4, -0.2) is 54.5 Å². The number of carboxylic acid groups (broad SMARTS) is 1. The van der Waals surface area contributed by atoms with Gasteiger partial charge in [-0.2, -0.15) is 0 Å². The Morgan fingerprint density at radius 2 is 1.76 bits per heavy atom. The molecule has 0 aliphatic carbocycles. The van der Waals surface area contributed by atoms with Crippen molar-refractivity contribution < 1.29 is 19.4 Å². The van der Waals surface area contributed by atoms with Crippen LogP contribution in [0.25, 0.3) is 11.4 Å². The van der Waals surface area contributed by atoms with Gasteiger partial charge in [0.2, 0.25) is 5.82 Å². The molecule has 2 aromatic rings. The fourth-order valence-corrected chi connectivity index (χ4v) is 2.65. The number of aromatic nitrogens is 4. The van der Waals surface area contributed by atoms with Gasteiger partial charge in [0.1, 0.15) is 11.6 Å². The number of aryl methyl sites for hydroxylation is 1. The maximum absolute atomic E-state index is 11.9. The van der Waals surface area contributed by atoms with Gasteiger partial charge in [0.05, 0.1) is 0 Å². The zero-order valence-electron chi connectivity index (χ0n) is 16.6. The van der Waals surface area contributed by atoms with Crippen LogP contribution in [0.5, 0.6) is 0 Å². The Morgan fingerprint density at radius 1 is 1.14 bits per heavy atom. The molecule has 10 heteroatoms. The first-order valence-corrected chi connectivity index (χ1v) is 10.2. The van der Waals surface area contributed by atoms with E-state index >= 15 is 0 Å². The Bertz CT molecular complexity index is 822. The van der Waals surface area contributed by atoms with Crippen LogP contribution in [-0.2, 0) is 22.4 Å². The van der Waals surface area contributed by atoms with Gasteiger partial charge in [0.25, 0.3) is 0 Å². The number of halogens is 1. The molecule has 2 rings (SSSR count). The first kappa shape index (κ1) is 22.7. The summed E-state index contributed by atoms with van der Waals surface area (Å²) in [6.45, 7) is 5.13. The van der Waals surface area contributed by atoms with E-state index in [0.29, 0.717) is 23.6 Å². The van der Waals surface area contributed by atoms with Crippen LogP contribution in [0.15, 0.2) is 24.3 Å². The van der Waals surface area contributed by atoms with E-state index in [1.807, 2.05) is 0 Å². The third-order valence-corrected chi connectivity index (χ3v) is 4.26. The molecule has 0 fully saturated rings. The number of rotatable bonds is 8. The van der Waals surface area contributed by atoms with E-state index in [2.05, 4.69) is 41.6 Å². The minimum absolute atomic E-state index is 0.109. The maximum atomic E-state index is 11.9. The molecule has 1 heterocycles. The molecule has 0 saturated carbocycles. The molecule has 1 atom stereocenters. The number of ether oxygens (including phenoxy) is 1. The highest BCUT2D eigenvalue weighted by molar-refractivity contribution is 9.09. The molecule has 9 nitrogen and oxygen atoms in total. The summed E-state index contributed by atoms with van der Waals surface area (Å²) in [4.78, 5) is 23.4. The summed E-state index contributed by atoms with van der Waals surface area (Å²) in [7, 11) is 0. The molecule has 2 N–H and O–H groups in total. The number of carbonyl (C=O) groups is 2. The summed E-state index contributed by atoms with van der Waals surface area (Å²) < 4.78 is 5.12. The molecule has 0 spiro atoms. The molecule has 29 heavy (non-hydrogen) atoms. The van der Waals surface area contributed by atoms with Crippen molar-refractivity contribution in [3.05, 3.63) is 35.7 Å². The number of carboxylic acids is 1. The number of aliphatic carboxylic acids is 1. The Kier molecular flexibility index (Phi) is 8.00. The van der Waals surface area contributed by atoms with Crippen LogP contribution >= 0.6 is 15.9 Å². The number of hydrogen-bond acceptors (Lipinski definition) is 7. The number of alkyl halides is 1. The predicted molar refractivity (Wildman–Crippen MR) is 110 cm³/mol. The number of hydrogen-bond donors (Lipinski definition) is 2. The normalized spacial score (nSPS) is 12.3. The molecule has 0 aliphatic heterocycles. The largest absolute Gasteiger partial charge is 0.480 e. The van der Waals surface area contributed by atoms with Gasteiger partial charge >= 0.3 is 12.1 Å². The minimum atomic E-state index is -1.14. The molecule has 0 bridgehead atoms. The summed E-state index contributed by atoms with van der Waals surface area (Å²) >= 11 is 3.35. The van der Waals surface area contributed by atoms with E-state index < -0.39 is 23.7 Å². The Labute approximate surface area is 177 Å². The van der Waals surface area contributed by atoms with Crippen LogP contribution < -0.4 is 5.32 Å². The van der Waals surface area contributed by atoms with Crippen molar-refractivity contribution in [3.63, 3.8) is 0 Å². The van der Waals surface area contributed by atoms with Crippen molar-refractivity contribution >= 4 is 28.0 Å². The van der Waals surface area contributed by atoms with Gasteiger partial charge in [0.15, 0.2) is 5.82 Å². The number of carbonyl (C=O) groups excluding carboxylic acids is 1. The molecule has 0 radical (unpaired) electrons. The van der Waals surface area contributed by atoms with Gasteiger partial charge in [0, 0.05) is 23.7 Å². The van der Waals surface area contributed by atoms with Gasteiger partial charge in [-0.1, -0.05) is 40.2 Å². The van der Waals surface area contributed by atoms with E-state index in [-0.39, 0.29) is 6.42 Å². The Hall–Kier alpha value is -2.62. The second-order valence-corrected chi connectivity index (χ2v) is 8.16. The number of alkyl carbamates (subject to hydrolysis) is 1. The fourth-order valence-electron chi connectivity index (χ4n) is 2.37. The minimum Gasteiger partial charge on any atom is -0.480 e. The monoisotopic (exact) mass is 465 g/mol. The molecule has 0 saturated heterocycles. The lowest BCUT2D eigenvalue weighted by Crippen LogP contribution is -2.44. The number of amides is 1. The molecule has 1 aromatic heterocycles. The number of nitrogens with one attached hydrogen (secondary N) is 1. The van der Waals surface area contributed by atoms with E-state index in [1.54, 1.807) is 45.0 Å². The second-order valence-electron chi connectivity index (χ2n) is 7.37. The molecular formula is C19H24BrN5O4. The van der Waals surface area contributed by atoms with E-state index in [1.165, 1.54) is 0 Å². The third kappa shape index (κ3) is 7.72. The Morgan fingerprint density at radius 3 is 2.28 bits per heavy atom. The quantitative estimate of drug-likeness (QED) is 0.569. The lowest BCUT2D eigenvalue weighted by molar-refractivity contribution is -0.139. The topological polar surface area (TPSA) is 127 Å². The van der Waals surface area contributed by atoms with Gasteiger partial charge < -0.3 is 15.2 Å². The molecule has 0 aliphatic rings. The Balaban J connectivity index is 2.02. The lowest BCUT2D eigenvalue weighted by Gasteiger charge is -2.22. The van der Waals surface area contributed by atoms with Crippen molar-refractivity contribution in [2.75, 3.05) is 5.33 Å². The number of benzene rings is 1. The molecular weight excluding hydrogens is 442 g/mol. The maximum Gasteiger partial charge on any atom is 0.408 e. The summed E-state index contributed by atoms with van der Waals surface area (Å²) in [5.41, 5.74) is 0.737. The zero-order valence-corrected chi connectivity index (χ0v) is 18.1. The van der Waals surface area contributed by atoms with E-state index in [4.69, 9.17) is 4.74 Å². The van der Waals surface area contributed by atoms with Crippen molar-refractivity contribution in [2.45, 2.75) is 51.7 Å². The van der Waals surface area contributed by atoms with E-state index in [0.717, 1.165) is 17.3 Å². The zero-order chi connectivity index (χ0) is 21.4. The van der Waals surface area contributed by atoms with Crippen molar-refractivity contribution in [2.24, 2.45) is 0 Å². The third-order valence-electron chi connectivity index (χ3n) is 3.70. The molecule has 0 unspecified atom stereocenters. The average molecular weight is 466 g/mol. The summed E-state index contributed by atoms with van der Waals surface area (Å²) in [6, 6.07) is 5.93. The van der Waals surface area contributed by atoms with Crippen LogP contribution in [0.1, 0.15) is 38.6 Å². The van der Waals surface area contributed by atoms with Gasteiger partial charge in [-0.3, -0.25) is 0 Å². The van der Waals surface area contributed by atoms with Crippen molar-refractivity contribution in [1.29, 1.82) is 0 Å². The standard InChI is InChI=1S/C19H24BrN5O4/c1-19(2,3)29-18(28)21-14(17(26)27)11-12-6-8-13(9-7-12)16-24-22-15(23-25-16)5-4-10-20/h6-9,14H,4-5,10-11H2,1-3H3,(H,21,28)(H,26,27)/t14-/m0/s1. The van der Waals surface area contributed by atoms with E-state index in [9.17, 15) is 14.7 Å². The number of nitrogens with zero attached hydrogens (tertiary/aromatic N) is 4. The first-order chi connectivity index (χ1) is 13.7. The summed E-state index contributed by atoms with van der Waals surface area (Å²) in [6.07, 6.45) is 0.940. The first-order valence-electron chi connectivity index (χ1n) is 9.12. The van der Waals surface area contributed by atoms with Gasteiger partial charge in [-0.05, 0) is 32.8 Å². The average Bonchev–Trinajstić information content (AvgIpc) is 2.65. The summed E-state index contributed by atoms with van der Waals surface area (Å²) in [5.74, 6) is -0.168. The molecule has 1 aromatic carbocycles. The fraction of sp³-hybridized carbons (Fsp3) is 0.474. The van der Waals surface area contributed by atoms with Crippen LogP contribution in [0.4, 0.5) is 4.79 Å². The van der Waals surface area contributed by atoms with Gasteiger partial charge in [-0.25, -0.2) is 9.59 Å². The molecule has 1 amide bonds. The highest BCUT2D eigenvalue weighted by Crippen LogP contribution is 2.16. The van der Waals surface area contributed by atoms with Crippen LogP contribution in [0.3, 0.4) is 0 Å². The van der Waals surface area contributed by atoms with Crippen LogP contribution in [0.2, 0.25) is 0 Å². The molecule has 156 valence electrons. The highest BCUT2D eigenvalue weighted by Gasteiger charge is 2.24. The van der Waals surface area contributed by atoms with Crippen molar-refractivity contribution in [1.82, 2.24) is 25.7 Å². The predicted octanol–water partition coefficient (Wildman–Crippen LogP) is 2.78. The van der Waals surface area contributed by atoms with Gasteiger partial charge in [-0.15, -0.1) is 20.4 Å². The van der Waals surface area contributed by atoms with Crippen molar-refractivity contribution in [3.8, 4) is 11.4 Å². The SMILES string of the molecule is CC(C)(C)OC(=O)N[C@@H](Cc1ccc(-c2nnc(CCCBr)nn2)cc1)C(=O)O. The highest BCUT2D eigenvalue weighted by atomic mass is 79.9.